The second-order valence-corrected chi connectivity index (χ2v) is 9.05. The van der Waals surface area contributed by atoms with Gasteiger partial charge in [-0.05, 0) is 20.8 Å². The minimum atomic E-state index is -2.04. The van der Waals surface area contributed by atoms with Gasteiger partial charge in [0, 0.05) is 0 Å². The molecule has 2 aliphatic heterocycles. The van der Waals surface area contributed by atoms with Crippen molar-refractivity contribution in [3.05, 3.63) is 0 Å². The van der Waals surface area contributed by atoms with Crippen LogP contribution in [0.25, 0.3) is 0 Å². The number of nitrogens with two attached hydrogens (primary N) is 1. The van der Waals surface area contributed by atoms with Gasteiger partial charge in [0.05, 0.1) is 15.7 Å². The Morgan fingerprint density at radius 3 is 2.43 bits per heavy atom. The number of carbonyl (C=O) groups is 4. The maximum absolute atomic E-state index is 12.9. The van der Waals surface area contributed by atoms with E-state index in [9.17, 15) is 24.3 Å². The number of hydrogen-bond donors (Lipinski definition) is 3. The molecule has 0 aliphatic carbocycles. The van der Waals surface area contributed by atoms with Gasteiger partial charge in [0.15, 0.2) is 5.78 Å². The first-order chi connectivity index (χ1) is 10.5. The number of rotatable bonds is 6. The van der Waals surface area contributed by atoms with Crippen LogP contribution in [-0.4, -0.2) is 71.4 Å². The summed E-state index contributed by atoms with van der Waals surface area (Å²) in [5, 5.41) is 17.1. The number of β-lactam (4-membered cyclic amide) rings is 1. The Morgan fingerprint density at radius 1 is 1.39 bits per heavy atom. The van der Waals surface area contributed by atoms with Crippen LogP contribution in [-0.2, 0) is 19.2 Å². The van der Waals surface area contributed by atoms with Crippen LogP contribution in [0.3, 0.4) is 0 Å². The zero-order valence-corrected chi connectivity index (χ0v) is 14.4. The fourth-order valence-electron chi connectivity index (χ4n) is 3.09. The number of carboxylic acid groups (broad SMARTS) is 2. The van der Waals surface area contributed by atoms with E-state index in [4.69, 9.17) is 10.8 Å². The van der Waals surface area contributed by atoms with Crippen molar-refractivity contribution in [2.75, 3.05) is 5.75 Å². The molecule has 8 nitrogen and oxygen atoms in total. The lowest BCUT2D eigenvalue weighted by Crippen LogP contribution is -2.77. The fraction of sp³-hybridized carbons (Fsp3) is 0.692. The molecule has 0 aromatic heterocycles. The fourth-order valence-corrected chi connectivity index (χ4v) is 5.50. The van der Waals surface area contributed by atoms with E-state index in [0.717, 1.165) is 16.7 Å². The van der Waals surface area contributed by atoms with E-state index in [1.54, 1.807) is 13.8 Å². The van der Waals surface area contributed by atoms with E-state index < -0.39 is 50.6 Å². The van der Waals surface area contributed by atoms with Gasteiger partial charge in [-0.2, -0.15) is 0 Å². The molecule has 4 N–H and O–H groups in total. The third kappa shape index (κ3) is 2.34. The quantitative estimate of drug-likeness (QED) is 0.426. The van der Waals surface area contributed by atoms with Crippen LogP contribution in [0.2, 0.25) is 0 Å². The number of fused-ring (bicyclic) bond motifs is 1. The van der Waals surface area contributed by atoms with Gasteiger partial charge in [0.2, 0.25) is 11.4 Å². The zero-order valence-electron chi connectivity index (χ0n) is 12.8. The summed E-state index contributed by atoms with van der Waals surface area (Å²) in [5.41, 5.74) is 3.68. The molecular weight excluding hydrogens is 344 g/mol. The van der Waals surface area contributed by atoms with Crippen molar-refractivity contribution in [1.29, 1.82) is 0 Å². The van der Waals surface area contributed by atoms with E-state index in [1.807, 2.05) is 0 Å². The maximum Gasteiger partial charge on any atom is 0.339 e. The van der Waals surface area contributed by atoms with Gasteiger partial charge in [0.25, 0.3) is 0 Å². The van der Waals surface area contributed by atoms with E-state index in [1.165, 1.54) is 18.7 Å². The van der Waals surface area contributed by atoms with Gasteiger partial charge in [-0.3, -0.25) is 14.4 Å². The predicted octanol–water partition coefficient (Wildman–Crippen LogP) is -0.394. The number of carboxylic acids is 2. The summed E-state index contributed by atoms with van der Waals surface area (Å²) in [7, 11) is 0. The lowest BCUT2D eigenvalue weighted by atomic mass is 9.76. The molecular formula is C13H18N2O6S2. The van der Waals surface area contributed by atoms with Crippen molar-refractivity contribution < 1.29 is 29.4 Å². The Hall–Kier alpha value is -1.26. The first-order valence-corrected chi connectivity index (χ1v) is 8.79. The molecule has 2 unspecified atom stereocenters. The van der Waals surface area contributed by atoms with E-state index >= 15 is 0 Å². The number of thioether (sulfide) groups is 2. The summed E-state index contributed by atoms with van der Waals surface area (Å²) in [4.78, 5) is 48.9. The Bertz CT molecular complexity index is 595. The van der Waals surface area contributed by atoms with Crippen molar-refractivity contribution in [3.8, 4) is 0 Å². The van der Waals surface area contributed by atoms with Crippen LogP contribution in [0.15, 0.2) is 0 Å². The molecule has 1 amide bonds. The van der Waals surface area contributed by atoms with Crippen LogP contribution >= 0.6 is 23.5 Å². The van der Waals surface area contributed by atoms with Gasteiger partial charge in [0.1, 0.15) is 11.4 Å². The number of aliphatic carboxylic acids is 2. The second kappa shape index (κ2) is 5.67. The van der Waals surface area contributed by atoms with Crippen LogP contribution < -0.4 is 5.73 Å². The van der Waals surface area contributed by atoms with Crippen LogP contribution in [0.1, 0.15) is 20.8 Å². The smallest absolute Gasteiger partial charge is 0.339 e. The molecule has 2 fully saturated rings. The summed E-state index contributed by atoms with van der Waals surface area (Å²) in [6.45, 7) is 4.64. The third-order valence-electron chi connectivity index (χ3n) is 4.22. The van der Waals surface area contributed by atoms with Crippen molar-refractivity contribution in [2.24, 2.45) is 5.73 Å². The molecule has 2 saturated heterocycles. The van der Waals surface area contributed by atoms with Gasteiger partial charge >= 0.3 is 11.9 Å². The first-order valence-electron chi connectivity index (χ1n) is 6.86. The van der Waals surface area contributed by atoms with Crippen molar-refractivity contribution in [1.82, 2.24) is 4.90 Å². The molecule has 4 atom stereocenters. The number of ketones is 1. The Labute approximate surface area is 141 Å². The maximum atomic E-state index is 12.9. The molecule has 2 aliphatic rings. The lowest BCUT2D eigenvalue weighted by molar-refractivity contribution is -0.174. The standard InChI is InChI=1S/C13H18N2O6S2/c1-5(22-4-6(16)17)8(18)13(11(20)21)12(2,3)23-10-7(14)9(19)15(10)13/h5,7,10H,4,14H2,1-3H3,(H,16,17)(H,20,21)/t5?,7?,10-,13+/m1/s1. The largest absolute Gasteiger partial charge is 0.481 e. The summed E-state index contributed by atoms with van der Waals surface area (Å²) in [6, 6.07) is -0.824. The van der Waals surface area contributed by atoms with Gasteiger partial charge in [-0.25, -0.2) is 4.79 Å². The lowest BCUT2D eigenvalue weighted by Gasteiger charge is -2.48. The zero-order chi connectivity index (χ0) is 17.7. The molecule has 0 bridgehead atoms. The molecule has 0 spiro atoms. The number of nitrogens with zero attached hydrogens (tertiary/aromatic N) is 1. The Kier molecular flexibility index (Phi) is 4.46. The van der Waals surface area contributed by atoms with E-state index in [0.29, 0.717) is 0 Å². The molecule has 0 aromatic carbocycles. The van der Waals surface area contributed by atoms with E-state index in [-0.39, 0.29) is 5.75 Å². The van der Waals surface area contributed by atoms with Crippen LogP contribution in [0.5, 0.6) is 0 Å². The van der Waals surface area contributed by atoms with Gasteiger partial charge in [-0.1, -0.05) is 0 Å². The topological polar surface area (TPSA) is 138 Å². The van der Waals surface area contributed by atoms with Crippen LogP contribution in [0, 0.1) is 0 Å². The highest BCUT2D eigenvalue weighted by Gasteiger charge is 2.75. The Morgan fingerprint density at radius 2 is 1.96 bits per heavy atom. The van der Waals surface area contributed by atoms with E-state index in [2.05, 4.69) is 0 Å². The number of amides is 1. The molecule has 23 heavy (non-hydrogen) atoms. The third-order valence-corrected chi connectivity index (χ3v) is 6.98. The van der Waals surface area contributed by atoms with Crippen molar-refractivity contribution >= 4 is 47.2 Å². The minimum absolute atomic E-state index is 0.326. The van der Waals surface area contributed by atoms with Crippen LogP contribution in [0.4, 0.5) is 0 Å². The summed E-state index contributed by atoms with van der Waals surface area (Å²) in [5.74, 6) is -4.09. The minimum Gasteiger partial charge on any atom is -0.481 e. The Balaban J connectivity index is 2.43. The average Bonchev–Trinajstić information content (AvgIpc) is 2.69. The highest BCUT2D eigenvalue weighted by molar-refractivity contribution is 8.02. The van der Waals surface area contributed by atoms with Crippen molar-refractivity contribution in [2.45, 2.75) is 47.7 Å². The molecule has 2 rings (SSSR count). The summed E-state index contributed by atoms with van der Waals surface area (Å²) >= 11 is 2.02. The average molecular weight is 362 g/mol. The normalized spacial score (nSPS) is 32.9. The number of carbonyl (C=O) groups excluding carboxylic acids is 2. The second-order valence-electron chi connectivity index (χ2n) is 5.98. The summed E-state index contributed by atoms with van der Waals surface area (Å²) < 4.78 is -1.08. The molecule has 2 heterocycles. The summed E-state index contributed by atoms with van der Waals surface area (Å²) in [6.07, 6.45) is 0. The highest BCUT2D eigenvalue weighted by atomic mass is 32.2. The SMILES string of the molecule is CC(SCC(=O)O)C(=O)[C@@]1(C(=O)O)N2C(=O)C(N)[C@H]2SC1(C)C. The first kappa shape index (κ1) is 18.1. The molecule has 0 aromatic rings. The highest BCUT2D eigenvalue weighted by Crippen LogP contribution is 2.57. The molecule has 0 saturated carbocycles. The predicted molar refractivity (Wildman–Crippen MR) is 85.2 cm³/mol. The molecule has 128 valence electrons. The monoisotopic (exact) mass is 362 g/mol. The number of Topliss-reactive ketones (excluding diaryl/α,β-unsaturated/α-hetero) is 1. The van der Waals surface area contributed by atoms with Gasteiger partial charge in [-0.15, -0.1) is 23.5 Å². The molecule has 10 heteroatoms. The molecule has 0 radical (unpaired) electrons. The number of hydrogen-bond acceptors (Lipinski definition) is 7. The van der Waals surface area contributed by atoms with Gasteiger partial charge < -0.3 is 20.8 Å². The van der Waals surface area contributed by atoms with Crippen molar-refractivity contribution in [3.63, 3.8) is 0 Å².